The van der Waals surface area contributed by atoms with E-state index in [4.69, 9.17) is 10.5 Å². The molecule has 0 aliphatic carbocycles. The lowest BCUT2D eigenvalue weighted by Gasteiger charge is -2.34. The number of anilines is 1. The Morgan fingerprint density at radius 3 is 2.68 bits per heavy atom. The highest BCUT2D eigenvalue weighted by atomic mass is 79.9. The standard InChI is InChI=1S/C17H13BrN4O3/c1-16(2)12-11(14(23)25-16)17(9(6-19)13(20)22-12)8-5-7(18)3-4-10(8)21-15(17)24/h3-5,22H,20H2,1-2H3,(H,21,24)/t17-/m1/s1. The summed E-state index contributed by atoms with van der Waals surface area (Å²) in [5.74, 6) is -1.10. The topological polar surface area (TPSA) is 117 Å². The van der Waals surface area contributed by atoms with Crippen LogP contribution in [0.2, 0.25) is 0 Å². The zero-order valence-corrected chi connectivity index (χ0v) is 14.9. The van der Waals surface area contributed by atoms with Crippen molar-refractivity contribution in [3.63, 3.8) is 0 Å². The smallest absolute Gasteiger partial charge is 0.338 e. The van der Waals surface area contributed by atoms with Gasteiger partial charge in [-0.25, -0.2) is 4.79 Å². The minimum absolute atomic E-state index is 0.0183. The fraction of sp³-hybridized carbons (Fsp3) is 0.235. The first-order valence-electron chi connectivity index (χ1n) is 7.51. The van der Waals surface area contributed by atoms with Gasteiger partial charge in [-0.15, -0.1) is 0 Å². The van der Waals surface area contributed by atoms with Crippen LogP contribution in [-0.2, 0) is 19.7 Å². The average Bonchev–Trinajstić information content (AvgIpc) is 2.92. The highest BCUT2D eigenvalue weighted by Crippen LogP contribution is 2.54. The van der Waals surface area contributed by atoms with Gasteiger partial charge >= 0.3 is 5.97 Å². The summed E-state index contributed by atoms with van der Waals surface area (Å²) < 4.78 is 6.17. The number of hydrogen-bond donors (Lipinski definition) is 3. The van der Waals surface area contributed by atoms with Crippen LogP contribution in [0.15, 0.2) is 45.3 Å². The number of cyclic esters (lactones) is 1. The molecule has 0 saturated carbocycles. The van der Waals surface area contributed by atoms with Gasteiger partial charge in [-0.1, -0.05) is 15.9 Å². The molecule has 0 saturated heterocycles. The minimum Gasteiger partial charge on any atom is -0.450 e. The molecule has 3 aliphatic heterocycles. The molecule has 1 amide bonds. The number of ether oxygens (including phenoxy) is 1. The van der Waals surface area contributed by atoms with Crippen LogP contribution in [0.4, 0.5) is 5.69 Å². The summed E-state index contributed by atoms with van der Waals surface area (Å²) in [4.78, 5) is 25.8. The van der Waals surface area contributed by atoms with E-state index in [0.717, 1.165) is 0 Å². The third-order valence-corrected chi connectivity index (χ3v) is 5.26. The van der Waals surface area contributed by atoms with Gasteiger partial charge < -0.3 is 21.1 Å². The third kappa shape index (κ3) is 1.73. The molecule has 25 heavy (non-hydrogen) atoms. The largest absolute Gasteiger partial charge is 0.450 e. The van der Waals surface area contributed by atoms with Crippen molar-refractivity contribution in [1.29, 1.82) is 5.26 Å². The summed E-state index contributed by atoms with van der Waals surface area (Å²) >= 11 is 3.38. The molecule has 1 aromatic rings. The van der Waals surface area contributed by atoms with Crippen molar-refractivity contribution < 1.29 is 14.3 Å². The Morgan fingerprint density at radius 1 is 1.28 bits per heavy atom. The van der Waals surface area contributed by atoms with Gasteiger partial charge in [-0.05, 0) is 32.0 Å². The first-order valence-corrected chi connectivity index (χ1v) is 8.30. The van der Waals surface area contributed by atoms with Crippen LogP contribution < -0.4 is 16.4 Å². The Labute approximate surface area is 151 Å². The summed E-state index contributed by atoms with van der Waals surface area (Å²) in [5, 5.41) is 15.4. The predicted molar refractivity (Wildman–Crippen MR) is 91.6 cm³/mol. The molecule has 8 heteroatoms. The highest BCUT2D eigenvalue weighted by molar-refractivity contribution is 9.10. The summed E-state index contributed by atoms with van der Waals surface area (Å²) in [6.07, 6.45) is 0. The van der Waals surface area contributed by atoms with Crippen LogP contribution in [0, 0.1) is 11.3 Å². The molecule has 3 heterocycles. The van der Waals surface area contributed by atoms with E-state index in [1.165, 1.54) is 0 Å². The second-order valence-electron chi connectivity index (χ2n) is 6.57. The monoisotopic (exact) mass is 400 g/mol. The summed E-state index contributed by atoms with van der Waals surface area (Å²) in [6, 6.07) is 7.21. The van der Waals surface area contributed by atoms with Gasteiger partial charge in [0.2, 0.25) is 5.91 Å². The number of rotatable bonds is 0. The number of esters is 1. The number of carbonyl (C=O) groups is 2. The molecule has 1 atom stereocenters. The van der Waals surface area contributed by atoms with Crippen LogP contribution in [-0.4, -0.2) is 17.5 Å². The first-order chi connectivity index (χ1) is 11.7. The van der Waals surface area contributed by atoms with Crippen molar-refractivity contribution in [2.45, 2.75) is 24.9 Å². The number of carbonyl (C=O) groups excluding carboxylic acids is 2. The summed E-state index contributed by atoms with van der Waals surface area (Å²) in [6.45, 7) is 3.40. The Kier molecular flexibility index (Phi) is 2.92. The molecule has 0 bridgehead atoms. The van der Waals surface area contributed by atoms with E-state index in [9.17, 15) is 14.9 Å². The molecule has 4 rings (SSSR count). The number of amides is 1. The number of hydrogen-bond acceptors (Lipinski definition) is 6. The number of nitrogens with zero attached hydrogens (tertiary/aromatic N) is 1. The van der Waals surface area contributed by atoms with E-state index in [0.29, 0.717) is 21.4 Å². The number of benzene rings is 1. The van der Waals surface area contributed by atoms with E-state index in [1.807, 2.05) is 6.07 Å². The van der Waals surface area contributed by atoms with Gasteiger partial charge in [-0.3, -0.25) is 4.79 Å². The lowest BCUT2D eigenvalue weighted by molar-refractivity contribution is -0.145. The zero-order valence-electron chi connectivity index (χ0n) is 13.4. The van der Waals surface area contributed by atoms with Crippen molar-refractivity contribution in [3.05, 3.63) is 50.9 Å². The summed E-state index contributed by atoms with van der Waals surface area (Å²) in [5.41, 5.74) is 4.98. The van der Waals surface area contributed by atoms with Crippen molar-refractivity contribution in [2.24, 2.45) is 5.73 Å². The molecule has 126 valence electrons. The zero-order chi connectivity index (χ0) is 18.1. The van der Waals surface area contributed by atoms with Crippen LogP contribution in [0.25, 0.3) is 0 Å². The quantitative estimate of drug-likeness (QED) is 0.568. The highest BCUT2D eigenvalue weighted by Gasteiger charge is 2.63. The molecule has 0 fully saturated rings. The molecule has 0 unspecified atom stereocenters. The summed E-state index contributed by atoms with van der Waals surface area (Å²) in [7, 11) is 0. The van der Waals surface area contributed by atoms with Gasteiger partial charge in [0.25, 0.3) is 0 Å². The Balaban J connectivity index is 2.16. The lowest BCUT2D eigenvalue weighted by Crippen LogP contribution is -2.48. The molecule has 3 aliphatic rings. The normalized spacial score (nSPS) is 26.0. The van der Waals surface area contributed by atoms with E-state index in [1.54, 1.807) is 32.0 Å². The van der Waals surface area contributed by atoms with E-state index < -0.39 is 22.9 Å². The van der Waals surface area contributed by atoms with Crippen LogP contribution in [0.1, 0.15) is 19.4 Å². The van der Waals surface area contributed by atoms with E-state index in [2.05, 4.69) is 26.6 Å². The fourth-order valence-corrected chi connectivity index (χ4v) is 4.09. The maximum absolute atomic E-state index is 13.1. The maximum atomic E-state index is 13.1. The van der Waals surface area contributed by atoms with Crippen LogP contribution >= 0.6 is 15.9 Å². The predicted octanol–water partition coefficient (Wildman–Crippen LogP) is 1.53. The molecular weight excluding hydrogens is 388 g/mol. The van der Waals surface area contributed by atoms with Gasteiger partial charge in [0.15, 0.2) is 0 Å². The Morgan fingerprint density at radius 2 is 2.00 bits per heavy atom. The fourth-order valence-electron chi connectivity index (χ4n) is 3.73. The molecule has 1 spiro atoms. The maximum Gasteiger partial charge on any atom is 0.338 e. The number of nitrogens with one attached hydrogen (secondary N) is 2. The Hall–Kier alpha value is -2.79. The van der Waals surface area contributed by atoms with Crippen LogP contribution in [0.3, 0.4) is 0 Å². The van der Waals surface area contributed by atoms with Crippen LogP contribution in [0.5, 0.6) is 0 Å². The molecule has 1 aromatic carbocycles. The Bertz CT molecular complexity index is 986. The molecule has 4 N–H and O–H groups in total. The second-order valence-corrected chi connectivity index (χ2v) is 7.49. The minimum atomic E-state index is -1.62. The van der Waals surface area contributed by atoms with Gasteiger partial charge in [-0.2, -0.15) is 5.26 Å². The van der Waals surface area contributed by atoms with Crippen molar-refractivity contribution >= 4 is 33.5 Å². The van der Waals surface area contributed by atoms with Crippen molar-refractivity contribution in [3.8, 4) is 6.07 Å². The number of dihydropyridines is 1. The third-order valence-electron chi connectivity index (χ3n) is 4.77. The van der Waals surface area contributed by atoms with E-state index >= 15 is 0 Å². The molecular formula is C17H13BrN4O3. The number of nitriles is 1. The van der Waals surface area contributed by atoms with Crippen molar-refractivity contribution in [1.82, 2.24) is 5.32 Å². The number of fused-ring (bicyclic) bond motifs is 3. The number of nitrogens with two attached hydrogens (primary N) is 1. The van der Waals surface area contributed by atoms with Gasteiger partial charge in [0.1, 0.15) is 22.9 Å². The second kappa shape index (κ2) is 4.64. The molecule has 0 aromatic heterocycles. The molecule has 7 nitrogen and oxygen atoms in total. The SMILES string of the molecule is CC1(C)OC(=O)C2=C1NC(N)=C(C#N)[C@@]21C(=O)Nc2ccc(Br)cc21. The molecule has 0 radical (unpaired) electrons. The average molecular weight is 401 g/mol. The first kappa shape index (κ1) is 15.7. The number of halogens is 1. The van der Waals surface area contributed by atoms with Gasteiger partial charge in [0, 0.05) is 15.7 Å². The lowest BCUT2D eigenvalue weighted by atomic mass is 9.67. The van der Waals surface area contributed by atoms with Gasteiger partial charge in [0.05, 0.1) is 16.8 Å². The van der Waals surface area contributed by atoms with Crippen molar-refractivity contribution in [2.75, 3.05) is 5.32 Å². The van der Waals surface area contributed by atoms with E-state index in [-0.39, 0.29) is 17.0 Å².